The molecule has 8 heteroatoms. The molecule has 0 N–H and O–H groups in total. The van der Waals surface area contributed by atoms with E-state index in [4.69, 9.17) is 23.7 Å². The number of hydrogen-bond donors (Lipinski definition) is 0. The number of para-hydroxylation sites is 1. The second kappa shape index (κ2) is 6.34. The first-order chi connectivity index (χ1) is 15.7. The van der Waals surface area contributed by atoms with E-state index in [1.165, 1.54) is 0 Å². The number of fused-ring (bicyclic) bond motifs is 7. The molecular formula is C25H25NO7. The van der Waals surface area contributed by atoms with Crippen LogP contribution in [0.3, 0.4) is 0 Å². The summed E-state index contributed by atoms with van der Waals surface area (Å²) in [6.45, 7) is 5.72. The van der Waals surface area contributed by atoms with E-state index >= 15 is 0 Å². The number of ether oxygens (including phenoxy) is 5. The van der Waals surface area contributed by atoms with E-state index < -0.39 is 28.7 Å². The lowest BCUT2D eigenvalue weighted by atomic mass is 9.57. The Morgan fingerprint density at radius 3 is 2.48 bits per heavy atom. The van der Waals surface area contributed by atoms with E-state index in [0.717, 1.165) is 22.4 Å². The molecule has 1 saturated heterocycles. The number of esters is 2. The van der Waals surface area contributed by atoms with Gasteiger partial charge >= 0.3 is 11.9 Å². The van der Waals surface area contributed by atoms with Crippen LogP contribution in [0.2, 0.25) is 0 Å². The first-order valence-corrected chi connectivity index (χ1v) is 11.1. The highest BCUT2D eigenvalue weighted by molar-refractivity contribution is 6.05. The largest absolute Gasteiger partial charge is 0.492 e. The van der Waals surface area contributed by atoms with Crippen molar-refractivity contribution < 1.29 is 33.3 Å². The SMILES string of the molecule is COc1c2c(cc3c1OCO3)[C@]1(C)N(CC2)c2ccccc2CC12C(=O)OC(C)(C)OC2=O. The Bertz CT molecular complexity index is 1200. The van der Waals surface area contributed by atoms with Crippen molar-refractivity contribution in [2.45, 2.75) is 44.9 Å². The molecule has 6 rings (SSSR count). The molecule has 0 radical (unpaired) electrons. The van der Waals surface area contributed by atoms with Crippen LogP contribution in [0, 0.1) is 5.41 Å². The molecule has 4 aliphatic rings. The molecule has 0 unspecified atom stereocenters. The first-order valence-electron chi connectivity index (χ1n) is 11.1. The Kier molecular flexibility index (Phi) is 3.88. The fraction of sp³-hybridized carbons (Fsp3) is 0.440. The van der Waals surface area contributed by atoms with E-state index in [-0.39, 0.29) is 13.2 Å². The van der Waals surface area contributed by atoms with Crippen LogP contribution < -0.4 is 19.1 Å². The highest BCUT2D eigenvalue weighted by Gasteiger charge is 2.71. The minimum Gasteiger partial charge on any atom is -0.492 e. The molecule has 2 aromatic rings. The summed E-state index contributed by atoms with van der Waals surface area (Å²) >= 11 is 0. The average molecular weight is 451 g/mol. The zero-order valence-corrected chi connectivity index (χ0v) is 19.0. The van der Waals surface area contributed by atoms with Crippen LogP contribution in [0.25, 0.3) is 0 Å². The second-order valence-electron chi connectivity index (χ2n) is 9.53. The number of rotatable bonds is 1. The number of carbonyl (C=O) groups is 2. The highest BCUT2D eigenvalue weighted by Crippen LogP contribution is 2.61. The van der Waals surface area contributed by atoms with Crippen LogP contribution in [0.1, 0.15) is 37.5 Å². The number of hydrogen-bond acceptors (Lipinski definition) is 8. The van der Waals surface area contributed by atoms with Crippen molar-refractivity contribution in [3.8, 4) is 17.2 Å². The van der Waals surface area contributed by atoms with Gasteiger partial charge in [-0.1, -0.05) is 18.2 Å². The second-order valence-corrected chi connectivity index (χ2v) is 9.53. The molecule has 33 heavy (non-hydrogen) atoms. The van der Waals surface area contributed by atoms with Gasteiger partial charge in [0.2, 0.25) is 12.5 Å². The minimum atomic E-state index is -1.61. The molecule has 0 amide bonds. The van der Waals surface area contributed by atoms with Gasteiger partial charge < -0.3 is 28.6 Å². The van der Waals surface area contributed by atoms with Crippen LogP contribution in [0.15, 0.2) is 30.3 Å². The predicted octanol–water partition coefficient (Wildman–Crippen LogP) is 3.08. The van der Waals surface area contributed by atoms with Crippen molar-refractivity contribution in [3.05, 3.63) is 47.0 Å². The number of anilines is 1. The van der Waals surface area contributed by atoms with Gasteiger partial charge in [0.05, 0.1) is 12.6 Å². The number of carbonyl (C=O) groups excluding carboxylic acids is 2. The standard InChI is InChI=1S/C25H25NO7/c1-23(2)32-21(27)25(22(28)33-23)12-14-7-5-6-8-17(14)26-10-9-15-16(24(25,26)3)11-18-20(19(15)29-4)31-13-30-18/h5-8,11H,9-10,12-13H2,1-4H3/t24-/m0/s1. The normalized spacial score (nSPS) is 25.5. The summed E-state index contributed by atoms with van der Waals surface area (Å²) < 4.78 is 28.6. The summed E-state index contributed by atoms with van der Waals surface area (Å²) in [5.74, 6) is -0.853. The maximum atomic E-state index is 13.8. The summed E-state index contributed by atoms with van der Waals surface area (Å²) in [5, 5.41) is 0. The van der Waals surface area contributed by atoms with Crippen LogP contribution in [-0.2, 0) is 37.4 Å². The van der Waals surface area contributed by atoms with Crippen molar-refractivity contribution in [1.29, 1.82) is 0 Å². The average Bonchev–Trinajstić information content (AvgIpc) is 3.23. The predicted molar refractivity (Wildman–Crippen MR) is 116 cm³/mol. The quantitative estimate of drug-likeness (QED) is 0.483. The lowest BCUT2D eigenvalue weighted by molar-refractivity contribution is -0.257. The molecule has 1 fully saturated rings. The zero-order valence-electron chi connectivity index (χ0n) is 19.0. The lowest BCUT2D eigenvalue weighted by Gasteiger charge is -2.60. The maximum absolute atomic E-state index is 13.8. The number of benzene rings is 2. The fourth-order valence-corrected chi connectivity index (χ4v) is 6.01. The number of cyclic esters (lactones) is 2. The smallest absolute Gasteiger partial charge is 0.329 e. The van der Waals surface area contributed by atoms with Crippen molar-refractivity contribution in [1.82, 2.24) is 0 Å². The summed E-state index contributed by atoms with van der Waals surface area (Å²) in [6, 6.07) is 9.74. The van der Waals surface area contributed by atoms with Gasteiger partial charge in [-0.05, 0) is 36.6 Å². The molecule has 0 saturated carbocycles. The molecule has 1 spiro atoms. The van der Waals surface area contributed by atoms with E-state index in [2.05, 4.69) is 4.90 Å². The summed E-state index contributed by atoms with van der Waals surface area (Å²) in [5.41, 5.74) is 0.847. The van der Waals surface area contributed by atoms with Crippen LogP contribution in [0.4, 0.5) is 5.69 Å². The number of methoxy groups -OCH3 is 1. The van der Waals surface area contributed by atoms with Gasteiger partial charge in [0, 0.05) is 38.1 Å². The van der Waals surface area contributed by atoms with Gasteiger partial charge in [-0.25, -0.2) is 0 Å². The third-order valence-electron chi connectivity index (χ3n) is 7.52. The number of nitrogens with zero attached hydrogens (tertiary/aromatic N) is 1. The molecule has 2 aromatic carbocycles. The minimum absolute atomic E-state index is 0.0846. The summed E-state index contributed by atoms with van der Waals surface area (Å²) in [7, 11) is 1.59. The molecule has 0 bridgehead atoms. The molecule has 4 aliphatic heterocycles. The summed E-state index contributed by atoms with van der Waals surface area (Å²) in [4.78, 5) is 29.8. The Labute approximate surface area is 191 Å². The highest BCUT2D eigenvalue weighted by atomic mass is 16.7. The van der Waals surface area contributed by atoms with Gasteiger partial charge in [-0.15, -0.1) is 0 Å². The van der Waals surface area contributed by atoms with Gasteiger partial charge in [0.25, 0.3) is 5.79 Å². The van der Waals surface area contributed by atoms with Gasteiger partial charge in [0.1, 0.15) is 0 Å². The van der Waals surface area contributed by atoms with Gasteiger partial charge in [-0.3, -0.25) is 9.59 Å². The van der Waals surface area contributed by atoms with Crippen LogP contribution in [-0.4, -0.2) is 38.2 Å². The zero-order chi connectivity index (χ0) is 23.2. The Hall–Kier alpha value is -3.42. The molecule has 8 nitrogen and oxygen atoms in total. The third kappa shape index (κ3) is 2.36. The topological polar surface area (TPSA) is 83.5 Å². The van der Waals surface area contributed by atoms with Crippen molar-refractivity contribution in [3.63, 3.8) is 0 Å². The van der Waals surface area contributed by atoms with Gasteiger partial charge in [-0.2, -0.15) is 0 Å². The van der Waals surface area contributed by atoms with Crippen molar-refractivity contribution >= 4 is 17.6 Å². The molecular weight excluding hydrogens is 426 g/mol. The van der Waals surface area contributed by atoms with Crippen LogP contribution in [0.5, 0.6) is 17.2 Å². The summed E-state index contributed by atoms with van der Waals surface area (Å²) in [6.07, 6.45) is 0.810. The molecule has 172 valence electrons. The molecule has 4 heterocycles. The third-order valence-corrected chi connectivity index (χ3v) is 7.52. The molecule has 0 aromatic heterocycles. The van der Waals surface area contributed by atoms with E-state index in [1.54, 1.807) is 21.0 Å². The molecule has 1 atom stereocenters. The van der Waals surface area contributed by atoms with Gasteiger partial charge in [0.15, 0.2) is 16.9 Å². The first kappa shape index (κ1) is 20.2. The Balaban J connectivity index is 1.68. The van der Waals surface area contributed by atoms with Crippen molar-refractivity contribution in [2.75, 3.05) is 25.3 Å². The Morgan fingerprint density at radius 2 is 1.76 bits per heavy atom. The molecule has 0 aliphatic carbocycles. The van der Waals surface area contributed by atoms with E-state index in [1.807, 2.05) is 37.3 Å². The van der Waals surface area contributed by atoms with E-state index in [9.17, 15) is 9.59 Å². The van der Waals surface area contributed by atoms with Crippen molar-refractivity contribution in [2.24, 2.45) is 5.41 Å². The van der Waals surface area contributed by atoms with E-state index in [0.29, 0.717) is 30.2 Å². The van der Waals surface area contributed by atoms with Crippen LogP contribution >= 0.6 is 0 Å². The monoisotopic (exact) mass is 451 g/mol. The maximum Gasteiger partial charge on any atom is 0.329 e. The Morgan fingerprint density at radius 1 is 1.03 bits per heavy atom. The lowest BCUT2D eigenvalue weighted by Crippen LogP contribution is -2.71. The fourth-order valence-electron chi connectivity index (χ4n) is 6.01.